The number of nitrogens with zero attached hydrogens (tertiary/aromatic N) is 5. The van der Waals surface area contributed by atoms with Gasteiger partial charge >= 0.3 is 0 Å². The minimum atomic E-state index is 0.602. The lowest BCUT2D eigenvalue weighted by Crippen LogP contribution is -2.01. The Hall–Kier alpha value is -8.16. The second-order valence-corrected chi connectivity index (χ2v) is 14.6. The summed E-state index contributed by atoms with van der Waals surface area (Å²) in [7, 11) is 0. The lowest BCUT2D eigenvalue weighted by Gasteiger charge is -2.15. The highest BCUT2D eigenvalue weighted by atomic mass is 15.0. The molecule has 0 aliphatic carbocycles. The standard InChI is InChI=1S/C52H35N7/c53-33-44-45(30-29-43-41-24-11-13-26-47(41)59(49(43)44)38-20-8-3-9-21-38)54-37-27-28-42-40-23-10-12-25-46(40)58(48(42)32-37)39-22-14-19-36(31-39)52-56-50(34-15-4-1-5-16-34)55-51(57-52)35-17-6-2-7-18-35/h1-33,53-54H. The number of aromatic nitrogens is 5. The van der Waals surface area contributed by atoms with Gasteiger partial charge in [-0.15, -0.1) is 0 Å². The molecule has 0 spiro atoms. The van der Waals surface area contributed by atoms with Crippen LogP contribution in [0.25, 0.3) is 89.2 Å². The van der Waals surface area contributed by atoms with Crippen molar-refractivity contribution in [1.82, 2.24) is 24.1 Å². The lowest BCUT2D eigenvalue weighted by atomic mass is 10.1. The van der Waals surface area contributed by atoms with Crippen molar-refractivity contribution in [2.24, 2.45) is 0 Å². The number of hydrogen-bond donors (Lipinski definition) is 2. The summed E-state index contributed by atoms with van der Waals surface area (Å²) in [5.74, 6) is 1.85. The smallest absolute Gasteiger partial charge is 0.164 e. The van der Waals surface area contributed by atoms with E-state index in [1.54, 1.807) is 0 Å². The fourth-order valence-electron chi connectivity index (χ4n) is 8.39. The number of nitrogens with one attached hydrogen (secondary N) is 2. The molecule has 3 heterocycles. The van der Waals surface area contributed by atoms with Gasteiger partial charge in [-0.1, -0.05) is 140 Å². The van der Waals surface area contributed by atoms with Gasteiger partial charge in [0.15, 0.2) is 17.5 Å². The van der Waals surface area contributed by atoms with Crippen LogP contribution in [-0.2, 0) is 0 Å². The monoisotopic (exact) mass is 757 g/mol. The van der Waals surface area contributed by atoms with Gasteiger partial charge in [0, 0.05) is 72.8 Å². The molecule has 7 nitrogen and oxygen atoms in total. The van der Waals surface area contributed by atoms with Crippen molar-refractivity contribution in [1.29, 1.82) is 5.41 Å². The van der Waals surface area contributed by atoms with Gasteiger partial charge in [-0.3, -0.25) is 0 Å². The van der Waals surface area contributed by atoms with E-state index < -0.39 is 0 Å². The van der Waals surface area contributed by atoms with Crippen molar-refractivity contribution in [3.05, 3.63) is 200 Å². The number of anilines is 2. The summed E-state index contributed by atoms with van der Waals surface area (Å²) in [6.07, 6.45) is 1.47. The van der Waals surface area contributed by atoms with E-state index in [0.717, 1.165) is 88.6 Å². The molecule has 0 atom stereocenters. The van der Waals surface area contributed by atoms with E-state index in [-0.39, 0.29) is 0 Å². The molecule has 0 bridgehead atoms. The molecule has 0 aliphatic rings. The molecule has 278 valence electrons. The fraction of sp³-hybridized carbons (Fsp3) is 0. The van der Waals surface area contributed by atoms with Gasteiger partial charge in [-0.25, -0.2) is 15.0 Å². The van der Waals surface area contributed by atoms with Crippen molar-refractivity contribution < 1.29 is 0 Å². The minimum Gasteiger partial charge on any atom is -0.355 e. The van der Waals surface area contributed by atoms with Gasteiger partial charge in [0.2, 0.25) is 0 Å². The van der Waals surface area contributed by atoms with Gasteiger partial charge in [0.05, 0.1) is 22.1 Å². The maximum atomic E-state index is 8.73. The molecule has 0 fully saturated rings. The summed E-state index contributed by atoms with van der Waals surface area (Å²) < 4.78 is 4.58. The highest BCUT2D eigenvalue weighted by Gasteiger charge is 2.19. The second-order valence-electron chi connectivity index (χ2n) is 14.6. The highest BCUT2D eigenvalue weighted by Crippen LogP contribution is 2.39. The lowest BCUT2D eigenvalue weighted by molar-refractivity contribution is 1.07. The number of benzene rings is 8. The van der Waals surface area contributed by atoms with Crippen LogP contribution in [-0.4, -0.2) is 30.3 Å². The van der Waals surface area contributed by atoms with Crippen LogP contribution in [0.3, 0.4) is 0 Å². The Labute approximate surface area is 340 Å². The number of hydrogen-bond acceptors (Lipinski definition) is 5. The van der Waals surface area contributed by atoms with Crippen molar-refractivity contribution in [3.63, 3.8) is 0 Å². The van der Waals surface area contributed by atoms with Gasteiger partial charge < -0.3 is 19.9 Å². The molecule has 7 heteroatoms. The summed E-state index contributed by atoms with van der Waals surface area (Å²) in [5.41, 5.74) is 11.6. The molecule has 0 amide bonds. The summed E-state index contributed by atoms with van der Waals surface area (Å²) >= 11 is 0. The van der Waals surface area contributed by atoms with Crippen LogP contribution in [0.5, 0.6) is 0 Å². The van der Waals surface area contributed by atoms with Crippen molar-refractivity contribution in [2.45, 2.75) is 0 Å². The molecule has 3 aromatic heterocycles. The SMILES string of the molecule is N=Cc1c(Nc2ccc3c4ccccc4n(-c4cccc(-c5nc(-c6ccccc6)nc(-c6ccccc6)n5)c4)c3c2)ccc2c3ccccc3n(-c3ccccc3)c12. The summed E-state index contributed by atoms with van der Waals surface area (Å²) in [6.45, 7) is 0. The Morgan fingerprint density at radius 3 is 1.58 bits per heavy atom. The van der Waals surface area contributed by atoms with Crippen LogP contribution in [0.4, 0.5) is 11.4 Å². The average Bonchev–Trinajstić information content (AvgIpc) is 3.82. The van der Waals surface area contributed by atoms with Crippen LogP contribution < -0.4 is 5.32 Å². The molecular formula is C52H35N7. The third-order valence-corrected chi connectivity index (χ3v) is 11.0. The van der Waals surface area contributed by atoms with E-state index in [1.807, 2.05) is 66.7 Å². The van der Waals surface area contributed by atoms with E-state index in [4.69, 9.17) is 20.4 Å². The largest absolute Gasteiger partial charge is 0.355 e. The minimum absolute atomic E-state index is 0.602. The molecule has 8 aromatic carbocycles. The number of fused-ring (bicyclic) bond motifs is 6. The third kappa shape index (κ3) is 5.83. The van der Waals surface area contributed by atoms with Crippen LogP contribution >= 0.6 is 0 Å². The zero-order chi connectivity index (χ0) is 39.3. The Balaban J connectivity index is 1.05. The predicted octanol–water partition coefficient (Wildman–Crippen LogP) is 12.8. The summed E-state index contributed by atoms with van der Waals surface area (Å²) in [6, 6.07) is 66.7. The number of rotatable bonds is 8. The first-order valence-corrected chi connectivity index (χ1v) is 19.6. The van der Waals surface area contributed by atoms with Crippen molar-refractivity contribution in [3.8, 4) is 45.5 Å². The quantitative estimate of drug-likeness (QED) is 0.151. The van der Waals surface area contributed by atoms with Crippen LogP contribution in [0.2, 0.25) is 0 Å². The maximum absolute atomic E-state index is 8.73. The van der Waals surface area contributed by atoms with Crippen LogP contribution in [0.1, 0.15) is 5.56 Å². The molecule has 0 saturated carbocycles. The first-order chi connectivity index (χ1) is 29.2. The molecule has 0 aliphatic heterocycles. The van der Waals surface area contributed by atoms with E-state index in [2.05, 4.69) is 142 Å². The Morgan fingerprint density at radius 1 is 0.407 bits per heavy atom. The Bertz CT molecular complexity index is 3310. The molecule has 11 rings (SSSR count). The zero-order valence-electron chi connectivity index (χ0n) is 31.8. The Morgan fingerprint density at radius 2 is 0.915 bits per heavy atom. The average molecular weight is 758 g/mol. The molecule has 11 aromatic rings. The zero-order valence-corrected chi connectivity index (χ0v) is 31.8. The Kier molecular flexibility index (Phi) is 8.15. The molecule has 0 unspecified atom stereocenters. The maximum Gasteiger partial charge on any atom is 0.164 e. The van der Waals surface area contributed by atoms with Gasteiger partial charge in [0.1, 0.15) is 0 Å². The van der Waals surface area contributed by atoms with Crippen molar-refractivity contribution in [2.75, 3.05) is 5.32 Å². The second kappa shape index (κ2) is 14.1. The third-order valence-electron chi connectivity index (χ3n) is 11.0. The fourth-order valence-corrected chi connectivity index (χ4v) is 8.39. The predicted molar refractivity (Wildman–Crippen MR) is 242 cm³/mol. The molecular weight excluding hydrogens is 723 g/mol. The van der Waals surface area contributed by atoms with Crippen LogP contribution in [0, 0.1) is 5.41 Å². The van der Waals surface area contributed by atoms with E-state index in [9.17, 15) is 0 Å². The first kappa shape index (κ1) is 34.1. The molecule has 0 saturated heterocycles. The normalized spacial score (nSPS) is 11.5. The highest BCUT2D eigenvalue weighted by molar-refractivity contribution is 6.16. The van der Waals surface area contributed by atoms with Gasteiger partial charge in [-0.05, 0) is 54.6 Å². The topological polar surface area (TPSA) is 84.4 Å². The van der Waals surface area contributed by atoms with Crippen LogP contribution in [0.15, 0.2) is 194 Å². The first-order valence-electron chi connectivity index (χ1n) is 19.6. The molecule has 2 N–H and O–H groups in total. The van der Waals surface area contributed by atoms with Crippen molar-refractivity contribution >= 4 is 61.2 Å². The molecule has 59 heavy (non-hydrogen) atoms. The number of para-hydroxylation sites is 3. The summed E-state index contributed by atoms with van der Waals surface area (Å²) in [5, 5.41) is 17.0. The van der Waals surface area contributed by atoms with E-state index in [0.29, 0.717) is 17.5 Å². The van der Waals surface area contributed by atoms with Gasteiger partial charge in [0.25, 0.3) is 0 Å². The van der Waals surface area contributed by atoms with E-state index >= 15 is 0 Å². The summed E-state index contributed by atoms with van der Waals surface area (Å²) in [4.78, 5) is 15.0. The van der Waals surface area contributed by atoms with E-state index in [1.165, 1.54) is 6.21 Å². The molecule has 0 radical (unpaired) electrons. The van der Waals surface area contributed by atoms with Gasteiger partial charge in [-0.2, -0.15) is 0 Å².